The number of rotatable bonds is 7. The molecule has 0 atom stereocenters. The third kappa shape index (κ3) is 4.71. The molecule has 0 spiro atoms. The topological polar surface area (TPSA) is 55.2 Å². The molecule has 0 saturated heterocycles. The van der Waals surface area contributed by atoms with E-state index in [4.69, 9.17) is 11.6 Å². The fourth-order valence-electron chi connectivity index (χ4n) is 1.52. The molecule has 0 aromatic heterocycles. The van der Waals surface area contributed by atoms with E-state index in [1.165, 1.54) is 25.0 Å². The van der Waals surface area contributed by atoms with Gasteiger partial charge in [0.2, 0.25) is 0 Å². The Morgan fingerprint density at radius 2 is 2.18 bits per heavy atom. The summed E-state index contributed by atoms with van der Waals surface area (Å²) in [6.07, 6.45) is 3.54. The van der Waals surface area contributed by atoms with Crippen molar-refractivity contribution in [2.45, 2.75) is 32.7 Å². The predicted octanol–water partition coefficient (Wildman–Crippen LogP) is 3.53. The largest absolute Gasteiger partial charge is 0.313 e. The van der Waals surface area contributed by atoms with Gasteiger partial charge in [0.1, 0.15) is 0 Å². The number of hydrogen-bond donors (Lipinski definition) is 1. The molecule has 0 saturated carbocycles. The molecule has 0 aliphatic rings. The number of nitro groups is 1. The molecule has 1 aromatic carbocycles. The summed E-state index contributed by atoms with van der Waals surface area (Å²) in [4.78, 5) is 10.1. The van der Waals surface area contributed by atoms with Crippen LogP contribution in [0.2, 0.25) is 5.02 Å². The Balaban J connectivity index is 2.46. The first kappa shape index (κ1) is 13.9. The number of nitrogens with one attached hydrogen (secondary N) is 1. The van der Waals surface area contributed by atoms with E-state index in [9.17, 15) is 10.1 Å². The summed E-state index contributed by atoms with van der Waals surface area (Å²) in [5, 5.41) is 14.2. The molecule has 0 amide bonds. The van der Waals surface area contributed by atoms with Crippen LogP contribution in [0.4, 0.5) is 5.69 Å². The number of non-ortho nitro benzene ring substituents is 1. The van der Waals surface area contributed by atoms with Crippen molar-refractivity contribution in [3.05, 3.63) is 38.9 Å². The first-order valence-electron chi connectivity index (χ1n) is 5.78. The summed E-state index contributed by atoms with van der Waals surface area (Å²) in [5.74, 6) is 0. The molecular formula is C12H17ClN2O2. The lowest BCUT2D eigenvalue weighted by molar-refractivity contribution is -0.384. The van der Waals surface area contributed by atoms with E-state index in [0.29, 0.717) is 11.6 Å². The molecule has 5 heteroatoms. The van der Waals surface area contributed by atoms with Crippen LogP contribution in [0.25, 0.3) is 0 Å². The second-order valence-electron chi connectivity index (χ2n) is 3.92. The molecule has 4 nitrogen and oxygen atoms in total. The Kier molecular flexibility index (Phi) is 5.94. The molecule has 0 aliphatic carbocycles. The molecule has 1 aromatic rings. The van der Waals surface area contributed by atoms with Crippen molar-refractivity contribution in [1.82, 2.24) is 5.32 Å². The quantitative estimate of drug-likeness (QED) is 0.461. The van der Waals surface area contributed by atoms with Crippen LogP contribution in [0.5, 0.6) is 0 Å². The Bertz CT molecular complexity index is 383. The number of unbranched alkanes of at least 4 members (excludes halogenated alkanes) is 2. The predicted molar refractivity (Wildman–Crippen MR) is 69.3 cm³/mol. The van der Waals surface area contributed by atoms with Crippen LogP contribution < -0.4 is 5.32 Å². The highest BCUT2D eigenvalue weighted by molar-refractivity contribution is 6.31. The van der Waals surface area contributed by atoms with E-state index in [1.807, 2.05) is 0 Å². The second kappa shape index (κ2) is 7.25. The minimum atomic E-state index is -0.440. The van der Waals surface area contributed by atoms with Crippen LogP contribution >= 0.6 is 11.6 Å². The van der Waals surface area contributed by atoms with E-state index in [1.54, 1.807) is 6.07 Å². The van der Waals surface area contributed by atoms with E-state index in [2.05, 4.69) is 12.2 Å². The third-order valence-electron chi connectivity index (χ3n) is 2.52. The van der Waals surface area contributed by atoms with Gasteiger partial charge in [-0.25, -0.2) is 0 Å². The summed E-state index contributed by atoms with van der Waals surface area (Å²) in [6.45, 7) is 3.76. The third-order valence-corrected chi connectivity index (χ3v) is 2.87. The van der Waals surface area contributed by atoms with Crippen LogP contribution in [0.3, 0.4) is 0 Å². The molecule has 0 aliphatic heterocycles. The van der Waals surface area contributed by atoms with Gasteiger partial charge in [0, 0.05) is 18.7 Å². The highest BCUT2D eigenvalue weighted by Gasteiger charge is 2.08. The molecule has 0 unspecified atom stereocenters. The fraction of sp³-hybridized carbons (Fsp3) is 0.500. The smallest absolute Gasteiger partial charge is 0.270 e. The van der Waals surface area contributed by atoms with Crippen molar-refractivity contribution >= 4 is 17.3 Å². The summed E-state index contributed by atoms with van der Waals surface area (Å²) in [7, 11) is 0. The molecule has 0 heterocycles. The van der Waals surface area contributed by atoms with Gasteiger partial charge in [-0.2, -0.15) is 0 Å². The van der Waals surface area contributed by atoms with Crippen LogP contribution in [0.1, 0.15) is 31.7 Å². The Labute approximate surface area is 106 Å². The average Bonchev–Trinajstić information content (AvgIpc) is 2.30. The van der Waals surface area contributed by atoms with Crippen LogP contribution in [0, 0.1) is 10.1 Å². The molecule has 1 rings (SSSR count). The minimum Gasteiger partial charge on any atom is -0.313 e. The van der Waals surface area contributed by atoms with Gasteiger partial charge in [0.15, 0.2) is 0 Å². The molecule has 1 N–H and O–H groups in total. The maximum Gasteiger partial charge on any atom is 0.270 e. The van der Waals surface area contributed by atoms with Gasteiger partial charge in [-0.05, 0) is 24.6 Å². The van der Waals surface area contributed by atoms with Crippen LogP contribution in [0.15, 0.2) is 18.2 Å². The Morgan fingerprint density at radius 3 is 2.76 bits per heavy atom. The van der Waals surface area contributed by atoms with E-state index < -0.39 is 4.92 Å². The number of nitrogens with zero attached hydrogens (tertiary/aromatic N) is 1. The zero-order valence-corrected chi connectivity index (χ0v) is 10.7. The molecule has 0 radical (unpaired) electrons. The number of halogens is 1. The number of nitro benzene ring substituents is 1. The number of benzene rings is 1. The zero-order valence-electron chi connectivity index (χ0n) is 9.91. The molecule has 94 valence electrons. The lowest BCUT2D eigenvalue weighted by Gasteiger charge is -2.06. The summed E-state index contributed by atoms with van der Waals surface area (Å²) < 4.78 is 0. The van der Waals surface area contributed by atoms with Gasteiger partial charge in [0.05, 0.1) is 9.95 Å². The lowest BCUT2D eigenvalue weighted by atomic mass is 10.2. The highest BCUT2D eigenvalue weighted by atomic mass is 35.5. The van der Waals surface area contributed by atoms with E-state index in [-0.39, 0.29) is 5.69 Å². The normalized spacial score (nSPS) is 10.5. The molecule has 17 heavy (non-hydrogen) atoms. The van der Waals surface area contributed by atoms with Gasteiger partial charge in [-0.15, -0.1) is 0 Å². The molecular weight excluding hydrogens is 240 g/mol. The standard InChI is InChI=1S/C12H17ClN2O2/c1-2-3-4-7-14-9-10-5-6-11(15(16)17)8-12(10)13/h5-6,8,14H,2-4,7,9H2,1H3. The minimum absolute atomic E-state index is 0.0322. The van der Waals surface area contributed by atoms with Crippen molar-refractivity contribution in [1.29, 1.82) is 0 Å². The van der Waals surface area contributed by atoms with Crippen molar-refractivity contribution < 1.29 is 4.92 Å². The van der Waals surface area contributed by atoms with Gasteiger partial charge in [-0.1, -0.05) is 31.4 Å². The molecule has 0 bridgehead atoms. The summed E-state index contributed by atoms with van der Waals surface area (Å²) in [5.41, 5.74) is 0.929. The second-order valence-corrected chi connectivity index (χ2v) is 4.32. The van der Waals surface area contributed by atoms with Crippen molar-refractivity contribution in [2.24, 2.45) is 0 Å². The lowest BCUT2D eigenvalue weighted by Crippen LogP contribution is -2.14. The fourth-order valence-corrected chi connectivity index (χ4v) is 1.76. The van der Waals surface area contributed by atoms with E-state index >= 15 is 0 Å². The Hall–Kier alpha value is -1.13. The monoisotopic (exact) mass is 256 g/mol. The maximum absolute atomic E-state index is 10.5. The Morgan fingerprint density at radius 1 is 1.41 bits per heavy atom. The highest BCUT2D eigenvalue weighted by Crippen LogP contribution is 2.22. The van der Waals surface area contributed by atoms with Crippen molar-refractivity contribution in [3.63, 3.8) is 0 Å². The van der Waals surface area contributed by atoms with Crippen molar-refractivity contribution in [2.75, 3.05) is 6.54 Å². The van der Waals surface area contributed by atoms with Gasteiger partial charge in [0.25, 0.3) is 5.69 Å². The first-order valence-corrected chi connectivity index (χ1v) is 6.16. The van der Waals surface area contributed by atoms with Crippen LogP contribution in [-0.2, 0) is 6.54 Å². The first-order chi connectivity index (χ1) is 8.15. The van der Waals surface area contributed by atoms with Crippen molar-refractivity contribution in [3.8, 4) is 0 Å². The van der Waals surface area contributed by atoms with E-state index in [0.717, 1.165) is 18.5 Å². The van der Waals surface area contributed by atoms with Gasteiger partial charge >= 0.3 is 0 Å². The SMILES string of the molecule is CCCCCNCc1ccc([N+](=O)[O-])cc1Cl. The maximum atomic E-state index is 10.5. The summed E-state index contributed by atoms with van der Waals surface area (Å²) in [6, 6.07) is 4.58. The van der Waals surface area contributed by atoms with Gasteiger partial charge < -0.3 is 5.32 Å². The molecule has 0 fully saturated rings. The van der Waals surface area contributed by atoms with Gasteiger partial charge in [-0.3, -0.25) is 10.1 Å². The van der Waals surface area contributed by atoms with Crippen LogP contribution in [-0.4, -0.2) is 11.5 Å². The summed E-state index contributed by atoms with van der Waals surface area (Å²) >= 11 is 5.97. The zero-order chi connectivity index (χ0) is 12.7. The average molecular weight is 257 g/mol. The number of hydrogen-bond acceptors (Lipinski definition) is 3.